The third-order valence-electron chi connectivity index (χ3n) is 4.83. The van der Waals surface area contributed by atoms with Crippen molar-refractivity contribution in [3.8, 4) is 0 Å². The van der Waals surface area contributed by atoms with E-state index in [2.05, 4.69) is 29.4 Å². The van der Waals surface area contributed by atoms with Crippen molar-refractivity contribution in [1.82, 2.24) is 14.9 Å². The zero-order valence-corrected chi connectivity index (χ0v) is 15.5. The monoisotopic (exact) mass is 365 g/mol. The molecule has 0 saturated heterocycles. The van der Waals surface area contributed by atoms with Gasteiger partial charge in [-0.25, -0.2) is 0 Å². The zero-order valence-electron chi connectivity index (χ0n) is 15.5. The third kappa shape index (κ3) is 3.84. The Morgan fingerprint density at radius 3 is 2.52 bits per heavy atom. The Labute approximate surface area is 156 Å². The average Bonchev–Trinajstić information content (AvgIpc) is 2.70. The molecule has 0 aliphatic heterocycles. The second-order valence-corrected chi connectivity index (χ2v) is 6.46. The molecule has 0 bridgehead atoms. The van der Waals surface area contributed by atoms with Crippen LogP contribution in [0.3, 0.4) is 0 Å². The summed E-state index contributed by atoms with van der Waals surface area (Å²) in [6.07, 6.45) is 0.915. The first-order valence-corrected chi connectivity index (χ1v) is 9.15. The summed E-state index contributed by atoms with van der Waals surface area (Å²) in [6, 6.07) is 15.1. The Kier molecular flexibility index (Phi) is 5.54. The molecule has 0 fully saturated rings. The first-order chi connectivity index (χ1) is 13.0. The summed E-state index contributed by atoms with van der Waals surface area (Å²) in [4.78, 5) is 38.9. The quantitative estimate of drug-likeness (QED) is 0.659. The van der Waals surface area contributed by atoms with Gasteiger partial charge in [0.2, 0.25) is 0 Å². The minimum absolute atomic E-state index is 0.207. The summed E-state index contributed by atoms with van der Waals surface area (Å²) in [5.41, 5.74) is 1.45. The lowest BCUT2D eigenvalue weighted by Crippen LogP contribution is -2.36. The van der Waals surface area contributed by atoms with E-state index in [9.17, 15) is 14.4 Å². The van der Waals surface area contributed by atoms with E-state index >= 15 is 0 Å². The zero-order chi connectivity index (χ0) is 19.4. The van der Waals surface area contributed by atoms with Gasteiger partial charge in [0.05, 0.1) is 11.0 Å². The second-order valence-electron chi connectivity index (χ2n) is 6.46. The summed E-state index contributed by atoms with van der Waals surface area (Å²) >= 11 is 0. The van der Waals surface area contributed by atoms with E-state index in [1.807, 2.05) is 18.2 Å². The highest BCUT2D eigenvalue weighted by Gasteiger charge is 2.13. The number of H-pyrrole nitrogens is 1. The lowest BCUT2D eigenvalue weighted by molar-refractivity contribution is 0.0951. The minimum atomic E-state index is -0.683. The summed E-state index contributed by atoms with van der Waals surface area (Å²) in [5, 5.41) is 2.97. The fraction of sp³-hybridized carbons (Fsp3) is 0.286. The van der Waals surface area contributed by atoms with E-state index in [-0.39, 0.29) is 11.8 Å². The van der Waals surface area contributed by atoms with E-state index in [0.717, 1.165) is 6.42 Å². The van der Waals surface area contributed by atoms with E-state index < -0.39 is 11.1 Å². The van der Waals surface area contributed by atoms with Crippen LogP contribution in [0.5, 0.6) is 0 Å². The Bertz CT molecular complexity index is 1070. The number of benzene rings is 2. The number of amides is 1. The van der Waals surface area contributed by atoms with E-state index in [1.165, 1.54) is 10.1 Å². The Morgan fingerprint density at radius 1 is 1.11 bits per heavy atom. The maximum atomic E-state index is 12.6. The first-order valence-electron chi connectivity index (χ1n) is 9.15. The normalized spacial score (nSPS) is 12.1. The number of carbonyl (C=O) groups excluding carboxylic acids is 1. The molecule has 27 heavy (non-hydrogen) atoms. The standard InChI is InChI=1S/C21H23N3O3/c1-3-14(15-8-6-5-7-9-15)13-22-19(25)16-10-11-18-17(12-16)23-20(26)21(27)24(18)4-2/h5-12,14H,3-4,13H2,1-2H3,(H,22,25)(H,23,26). The molecular weight excluding hydrogens is 342 g/mol. The molecule has 6 heteroatoms. The number of fused-ring (bicyclic) bond motifs is 1. The molecule has 0 saturated carbocycles. The molecule has 1 atom stereocenters. The molecular formula is C21H23N3O3. The van der Waals surface area contributed by atoms with Crippen LogP contribution in [0.25, 0.3) is 11.0 Å². The highest BCUT2D eigenvalue weighted by molar-refractivity contribution is 5.97. The van der Waals surface area contributed by atoms with Gasteiger partial charge in [-0.15, -0.1) is 0 Å². The molecule has 1 aromatic heterocycles. The van der Waals surface area contributed by atoms with Crippen LogP contribution < -0.4 is 16.4 Å². The van der Waals surface area contributed by atoms with Crippen molar-refractivity contribution < 1.29 is 4.79 Å². The lowest BCUT2D eigenvalue weighted by atomic mass is 9.96. The Balaban J connectivity index is 1.83. The van der Waals surface area contributed by atoms with Gasteiger partial charge in [-0.2, -0.15) is 0 Å². The van der Waals surface area contributed by atoms with Crippen LogP contribution in [0.4, 0.5) is 0 Å². The molecule has 2 aromatic carbocycles. The molecule has 6 nitrogen and oxygen atoms in total. The van der Waals surface area contributed by atoms with Gasteiger partial charge in [-0.3, -0.25) is 14.4 Å². The van der Waals surface area contributed by atoms with Crippen LogP contribution in [-0.2, 0) is 6.54 Å². The molecule has 2 N–H and O–H groups in total. The molecule has 1 unspecified atom stereocenters. The number of aromatic amines is 1. The topological polar surface area (TPSA) is 84.0 Å². The number of nitrogens with one attached hydrogen (secondary N) is 2. The largest absolute Gasteiger partial charge is 0.351 e. The van der Waals surface area contributed by atoms with Crippen molar-refractivity contribution in [2.45, 2.75) is 32.7 Å². The predicted octanol–water partition coefficient (Wildman–Crippen LogP) is 2.63. The van der Waals surface area contributed by atoms with Gasteiger partial charge in [0.25, 0.3) is 5.91 Å². The summed E-state index contributed by atoms with van der Waals surface area (Å²) in [7, 11) is 0. The Morgan fingerprint density at radius 2 is 1.85 bits per heavy atom. The number of aromatic nitrogens is 2. The van der Waals surface area contributed by atoms with Crippen LogP contribution in [0.2, 0.25) is 0 Å². The number of nitrogens with zero attached hydrogens (tertiary/aromatic N) is 1. The molecule has 0 spiro atoms. The van der Waals surface area contributed by atoms with Crippen molar-refractivity contribution >= 4 is 16.9 Å². The molecule has 3 rings (SSSR count). The summed E-state index contributed by atoms with van der Waals surface area (Å²) < 4.78 is 1.40. The fourth-order valence-corrected chi connectivity index (χ4v) is 3.28. The van der Waals surface area contributed by atoms with Crippen molar-refractivity contribution in [2.75, 3.05) is 6.54 Å². The highest BCUT2D eigenvalue weighted by Crippen LogP contribution is 2.18. The molecule has 0 aliphatic carbocycles. The Hall–Kier alpha value is -3.15. The van der Waals surface area contributed by atoms with Crippen LogP contribution in [0.15, 0.2) is 58.1 Å². The number of hydrogen-bond acceptors (Lipinski definition) is 3. The number of aryl methyl sites for hydroxylation is 1. The van der Waals surface area contributed by atoms with Gasteiger partial charge >= 0.3 is 11.1 Å². The maximum absolute atomic E-state index is 12.6. The molecule has 0 aliphatic rings. The van der Waals surface area contributed by atoms with Crippen molar-refractivity contribution in [2.24, 2.45) is 0 Å². The summed E-state index contributed by atoms with van der Waals surface area (Å²) in [5.74, 6) is 0.0297. The van der Waals surface area contributed by atoms with Gasteiger partial charge in [0.1, 0.15) is 0 Å². The molecule has 3 aromatic rings. The van der Waals surface area contributed by atoms with E-state index in [1.54, 1.807) is 25.1 Å². The minimum Gasteiger partial charge on any atom is -0.351 e. The van der Waals surface area contributed by atoms with E-state index in [4.69, 9.17) is 0 Å². The van der Waals surface area contributed by atoms with Crippen LogP contribution >= 0.6 is 0 Å². The smallest absolute Gasteiger partial charge is 0.316 e. The van der Waals surface area contributed by atoms with Crippen molar-refractivity contribution in [3.05, 3.63) is 80.4 Å². The van der Waals surface area contributed by atoms with Crippen LogP contribution in [0.1, 0.15) is 42.1 Å². The first kappa shape index (κ1) is 18.6. The fourth-order valence-electron chi connectivity index (χ4n) is 3.28. The highest BCUT2D eigenvalue weighted by atomic mass is 16.2. The van der Waals surface area contributed by atoms with Gasteiger partial charge in [0.15, 0.2) is 0 Å². The molecule has 1 amide bonds. The maximum Gasteiger partial charge on any atom is 0.316 e. The lowest BCUT2D eigenvalue weighted by Gasteiger charge is -2.16. The molecule has 140 valence electrons. The van der Waals surface area contributed by atoms with Crippen LogP contribution in [-0.4, -0.2) is 22.0 Å². The number of hydrogen-bond donors (Lipinski definition) is 2. The van der Waals surface area contributed by atoms with Gasteiger partial charge in [-0.1, -0.05) is 37.3 Å². The van der Waals surface area contributed by atoms with Gasteiger partial charge in [0, 0.05) is 24.6 Å². The van der Waals surface area contributed by atoms with Crippen molar-refractivity contribution in [1.29, 1.82) is 0 Å². The average molecular weight is 365 g/mol. The predicted molar refractivity (Wildman–Crippen MR) is 106 cm³/mol. The number of rotatable bonds is 6. The third-order valence-corrected chi connectivity index (χ3v) is 4.83. The second kappa shape index (κ2) is 8.03. The van der Waals surface area contributed by atoms with E-state index in [0.29, 0.717) is 29.7 Å². The number of carbonyl (C=O) groups is 1. The van der Waals surface area contributed by atoms with Crippen molar-refractivity contribution in [3.63, 3.8) is 0 Å². The van der Waals surface area contributed by atoms with Gasteiger partial charge in [-0.05, 0) is 37.1 Å². The molecule has 0 radical (unpaired) electrons. The van der Waals surface area contributed by atoms with Gasteiger partial charge < -0.3 is 14.9 Å². The molecule has 1 heterocycles. The summed E-state index contributed by atoms with van der Waals surface area (Å²) in [6.45, 7) is 4.81. The van der Waals surface area contributed by atoms with Crippen LogP contribution in [0, 0.1) is 0 Å². The SMILES string of the molecule is CCC(CNC(=O)c1ccc2c(c1)[nH]c(=O)c(=O)n2CC)c1ccccc1.